The largest absolute Gasteiger partial charge is 0.493 e. The van der Waals surface area contributed by atoms with Crippen LogP contribution in [0.1, 0.15) is 35.6 Å². The molecule has 2 rings (SSSR count). The van der Waals surface area contributed by atoms with Crippen LogP contribution in [0.5, 0.6) is 5.75 Å². The number of sulfone groups is 1. The fourth-order valence-electron chi connectivity index (χ4n) is 2.80. The van der Waals surface area contributed by atoms with Crippen LogP contribution in [0.25, 0.3) is 0 Å². The maximum absolute atomic E-state index is 11.4. The van der Waals surface area contributed by atoms with E-state index in [0.717, 1.165) is 28.9 Å². The third-order valence-corrected chi connectivity index (χ3v) is 5.12. The Kier molecular flexibility index (Phi) is 8.51. The Labute approximate surface area is 174 Å². The van der Waals surface area contributed by atoms with Gasteiger partial charge in [0.25, 0.3) is 0 Å². The monoisotopic (exact) mass is 417 g/mol. The van der Waals surface area contributed by atoms with E-state index in [-0.39, 0.29) is 5.75 Å². The Balaban J connectivity index is 1.91. The number of hydrogen-bond acceptors (Lipinski definition) is 4. The number of aliphatic imine (C=N–C) groups is 1. The van der Waals surface area contributed by atoms with Crippen molar-refractivity contribution in [3.8, 4) is 5.75 Å². The molecule has 2 aromatic carbocycles. The third-order valence-electron chi connectivity index (χ3n) is 4.27. The molecule has 29 heavy (non-hydrogen) atoms. The molecule has 0 unspecified atom stereocenters. The number of benzene rings is 2. The van der Waals surface area contributed by atoms with Crippen LogP contribution in [-0.2, 0) is 28.7 Å². The van der Waals surface area contributed by atoms with Crippen LogP contribution in [0.15, 0.2) is 47.5 Å². The molecule has 0 spiro atoms. The summed E-state index contributed by atoms with van der Waals surface area (Å²) >= 11 is 0. The topological polar surface area (TPSA) is 79.8 Å². The lowest BCUT2D eigenvalue weighted by atomic mass is 10.1. The van der Waals surface area contributed by atoms with Crippen LogP contribution in [0, 0.1) is 6.92 Å². The van der Waals surface area contributed by atoms with E-state index in [0.29, 0.717) is 25.7 Å². The smallest absolute Gasteiger partial charge is 0.191 e. The van der Waals surface area contributed by atoms with Gasteiger partial charge in [-0.1, -0.05) is 43.3 Å². The van der Waals surface area contributed by atoms with E-state index in [1.807, 2.05) is 24.3 Å². The SMILES string of the molecule is CCCOc1cc(C)ccc1CNC(=NC)NCc1ccc(CS(C)(=O)=O)cc1. The molecule has 0 radical (unpaired) electrons. The first-order valence-electron chi connectivity index (χ1n) is 9.73. The van der Waals surface area contributed by atoms with Gasteiger partial charge in [0.2, 0.25) is 0 Å². The Hall–Kier alpha value is -2.54. The molecule has 158 valence electrons. The van der Waals surface area contributed by atoms with Crippen LogP contribution in [0.4, 0.5) is 0 Å². The fraction of sp³-hybridized carbons (Fsp3) is 0.409. The van der Waals surface area contributed by atoms with Crippen molar-refractivity contribution < 1.29 is 13.2 Å². The van der Waals surface area contributed by atoms with E-state index in [2.05, 4.69) is 47.7 Å². The predicted molar refractivity (Wildman–Crippen MR) is 119 cm³/mol. The quantitative estimate of drug-likeness (QED) is 0.484. The van der Waals surface area contributed by atoms with Crippen molar-refractivity contribution in [2.45, 2.75) is 39.1 Å². The first kappa shape index (κ1) is 22.7. The lowest BCUT2D eigenvalue weighted by molar-refractivity contribution is 0.313. The number of hydrogen-bond donors (Lipinski definition) is 2. The molecule has 0 aromatic heterocycles. The normalized spacial score (nSPS) is 11.9. The third kappa shape index (κ3) is 8.15. The minimum absolute atomic E-state index is 0.0585. The summed E-state index contributed by atoms with van der Waals surface area (Å²) in [5.74, 6) is 1.65. The summed E-state index contributed by atoms with van der Waals surface area (Å²) in [6, 6.07) is 13.7. The van der Waals surface area contributed by atoms with Gasteiger partial charge < -0.3 is 15.4 Å². The molecule has 0 aliphatic heterocycles. The second kappa shape index (κ2) is 10.9. The summed E-state index contributed by atoms with van der Waals surface area (Å²) in [4.78, 5) is 4.27. The van der Waals surface area contributed by atoms with Crippen molar-refractivity contribution in [3.05, 3.63) is 64.7 Å². The van der Waals surface area contributed by atoms with E-state index in [9.17, 15) is 8.42 Å². The molecule has 0 saturated heterocycles. The van der Waals surface area contributed by atoms with E-state index in [1.165, 1.54) is 11.8 Å². The fourth-order valence-corrected chi connectivity index (χ4v) is 3.59. The van der Waals surface area contributed by atoms with E-state index in [4.69, 9.17) is 4.74 Å². The molecule has 2 aromatic rings. The van der Waals surface area contributed by atoms with Crippen molar-refractivity contribution in [1.29, 1.82) is 0 Å². The molecular formula is C22H31N3O3S. The van der Waals surface area contributed by atoms with Gasteiger partial charge in [0.05, 0.1) is 12.4 Å². The minimum Gasteiger partial charge on any atom is -0.493 e. The first-order chi connectivity index (χ1) is 13.8. The van der Waals surface area contributed by atoms with Gasteiger partial charge in [-0.3, -0.25) is 4.99 Å². The van der Waals surface area contributed by atoms with Crippen LogP contribution in [0.2, 0.25) is 0 Å². The maximum Gasteiger partial charge on any atom is 0.191 e. The van der Waals surface area contributed by atoms with Gasteiger partial charge in [-0.25, -0.2) is 8.42 Å². The summed E-state index contributed by atoms with van der Waals surface area (Å²) in [5, 5.41) is 6.59. The second-order valence-corrected chi connectivity index (χ2v) is 9.27. The van der Waals surface area contributed by atoms with Crippen molar-refractivity contribution in [3.63, 3.8) is 0 Å². The Morgan fingerprint density at radius 1 is 1.03 bits per heavy atom. The number of rotatable bonds is 9. The van der Waals surface area contributed by atoms with Gasteiger partial charge in [0.15, 0.2) is 15.8 Å². The molecule has 7 heteroatoms. The summed E-state index contributed by atoms with van der Waals surface area (Å²) in [6.07, 6.45) is 2.21. The Morgan fingerprint density at radius 2 is 1.69 bits per heavy atom. The van der Waals surface area contributed by atoms with Crippen molar-refractivity contribution >= 4 is 15.8 Å². The molecule has 0 bridgehead atoms. The highest BCUT2D eigenvalue weighted by atomic mass is 32.2. The van der Waals surface area contributed by atoms with Crippen molar-refractivity contribution in [2.75, 3.05) is 19.9 Å². The molecule has 0 aliphatic carbocycles. The molecule has 2 N–H and O–H groups in total. The zero-order valence-electron chi connectivity index (χ0n) is 17.7. The molecule has 0 amide bonds. The summed E-state index contributed by atoms with van der Waals surface area (Å²) in [6.45, 7) is 6.03. The standard InChI is InChI=1S/C22H31N3O3S/c1-5-12-28-21-13-17(2)6-11-20(21)15-25-22(23-3)24-14-18-7-9-19(10-8-18)16-29(4,26)27/h6-11,13H,5,12,14-16H2,1-4H3,(H2,23,24,25). The Morgan fingerprint density at radius 3 is 2.31 bits per heavy atom. The average molecular weight is 418 g/mol. The number of nitrogens with zero attached hydrogens (tertiary/aromatic N) is 1. The van der Waals surface area contributed by atoms with Gasteiger partial charge in [0, 0.05) is 32.0 Å². The first-order valence-corrected chi connectivity index (χ1v) is 11.8. The zero-order chi connectivity index (χ0) is 21.3. The van der Waals surface area contributed by atoms with E-state index >= 15 is 0 Å². The van der Waals surface area contributed by atoms with Crippen LogP contribution in [0.3, 0.4) is 0 Å². The summed E-state index contributed by atoms with van der Waals surface area (Å²) < 4.78 is 28.6. The number of aryl methyl sites for hydroxylation is 1. The Bertz CT molecular complexity index is 923. The van der Waals surface area contributed by atoms with Crippen LogP contribution < -0.4 is 15.4 Å². The van der Waals surface area contributed by atoms with E-state index in [1.54, 1.807) is 7.05 Å². The molecule has 6 nitrogen and oxygen atoms in total. The van der Waals surface area contributed by atoms with Crippen molar-refractivity contribution in [1.82, 2.24) is 10.6 Å². The zero-order valence-corrected chi connectivity index (χ0v) is 18.5. The highest BCUT2D eigenvalue weighted by Gasteiger charge is 2.07. The number of nitrogens with one attached hydrogen (secondary N) is 2. The maximum atomic E-state index is 11.4. The van der Waals surface area contributed by atoms with Crippen LogP contribution >= 0.6 is 0 Å². The van der Waals surface area contributed by atoms with Gasteiger partial charge in [-0.2, -0.15) is 0 Å². The van der Waals surface area contributed by atoms with E-state index < -0.39 is 9.84 Å². The van der Waals surface area contributed by atoms with Gasteiger partial charge in [0.1, 0.15) is 5.75 Å². The summed E-state index contributed by atoms with van der Waals surface area (Å²) in [5.41, 5.74) is 4.09. The molecule has 0 heterocycles. The second-order valence-electron chi connectivity index (χ2n) is 7.13. The molecule has 0 atom stereocenters. The summed E-state index contributed by atoms with van der Waals surface area (Å²) in [7, 11) is -1.29. The number of ether oxygens (including phenoxy) is 1. The lowest BCUT2D eigenvalue weighted by Crippen LogP contribution is -2.36. The number of guanidine groups is 1. The highest BCUT2D eigenvalue weighted by Crippen LogP contribution is 2.20. The molecule has 0 fully saturated rings. The minimum atomic E-state index is -3.02. The molecular weight excluding hydrogens is 386 g/mol. The molecule has 0 saturated carbocycles. The van der Waals surface area contributed by atoms with Gasteiger partial charge in [-0.15, -0.1) is 0 Å². The molecule has 0 aliphatic rings. The average Bonchev–Trinajstić information content (AvgIpc) is 2.67. The van der Waals surface area contributed by atoms with Gasteiger partial charge >= 0.3 is 0 Å². The van der Waals surface area contributed by atoms with Gasteiger partial charge in [-0.05, 0) is 36.1 Å². The van der Waals surface area contributed by atoms with Crippen molar-refractivity contribution in [2.24, 2.45) is 4.99 Å². The highest BCUT2D eigenvalue weighted by molar-refractivity contribution is 7.89. The predicted octanol–water partition coefficient (Wildman–Crippen LogP) is 3.19. The van der Waals surface area contributed by atoms with Crippen LogP contribution in [-0.4, -0.2) is 34.3 Å². The lowest BCUT2D eigenvalue weighted by Gasteiger charge is -2.15.